The zero-order valence-electron chi connectivity index (χ0n) is 11.2. The van der Waals surface area contributed by atoms with Crippen LogP contribution in [0.15, 0.2) is 18.2 Å². The molecule has 1 N–H and O–H groups in total. The average molecular weight is 290 g/mol. The van der Waals surface area contributed by atoms with Gasteiger partial charge in [-0.3, -0.25) is 0 Å². The number of hydrogen-bond acceptors (Lipinski definition) is 3. The van der Waals surface area contributed by atoms with Crippen LogP contribution >= 0.6 is 12.4 Å². The summed E-state index contributed by atoms with van der Waals surface area (Å²) >= 11 is 0. The standard InChI is InChI=1S/C14H20FNO2.ClH/c1-17-8-9-18-14-10-12(2-3-13(14)15)11-4-6-16-7-5-11;/h2-3,10-11,16H,4-9H2,1H3;1H. The maximum absolute atomic E-state index is 13.6. The van der Waals surface area contributed by atoms with Gasteiger partial charge < -0.3 is 14.8 Å². The van der Waals surface area contributed by atoms with Gasteiger partial charge >= 0.3 is 0 Å². The van der Waals surface area contributed by atoms with Crippen LogP contribution in [0.2, 0.25) is 0 Å². The first kappa shape index (κ1) is 16.2. The fourth-order valence-corrected chi connectivity index (χ4v) is 2.27. The van der Waals surface area contributed by atoms with Gasteiger partial charge in [0.25, 0.3) is 0 Å². The lowest BCUT2D eigenvalue weighted by atomic mass is 9.90. The van der Waals surface area contributed by atoms with Gasteiger partial charge in [-0.1, -0.05) is 6.07 Å². The molecule has 0 bridgehead atoms. The van der Waals surface area contributed by atoms with Crippen LogP contribution in [0.5, 0.6) is 5.75 Å². The average Bonchev–Trinajstić information content (AvgIpc) is 2.42. The highest BCUT2D eigenvalue weighted by Gasteiger charge is 2.16. The zero-order chi connectivity index (χ0) is 12.8. The van der Waals surface area contributed by atoms with Gasteiger partial charge in [0.2, 0.25) is 0 Å². The number of methoxy groups -OCH3 is 1. The maximum Gasteiger partial charge on any atom is 0.165 e. The molecule has 0 aromatic heterocycles. The molecule has 1 heterocycles. The van der Waals surface area contributed by atoms with Crippen LogP contribution in [0, 0.1) is 5.82 Å². The quantitative estimate of drug-likeness (QED) is 0.846. The number of ether oxygens (including phenoxy) is 2. The van der Waals surface area contributed by atoms with E-state index < -0.39 is 0 Å². The van der Waals surface area contributed by atoms with E-state index in [1.165, 1.54) is 11.6 Å². The molecule has 0 radical (unpaired) electrons. The maximum atomic E-state index is 13.6. The smallest absolute Gasteiger partial charge is 0.165 e. The summed E-state index contributed by atoms with van der Waals surface area (Å²) in [4.78, 5) is 0. The summed E-state index contributed by atoms with van der Waals surface area (Å²) in [6, 6.07) is 5.20. The van der Waals surface area contributed by atoms with Crippen molar-refractivity contribution in [3.05, 3.63) is 29.6 Å². The lowest BCUT2D eigenvalue weighted by Gasteiger charge is -2.23. The Labute approximate surface area is 119 Å². The second kappa shape index (κ2) is 8.35. The van der Waals surface area contributed by atoms with Crippen molar-refractivity contribution in [1.82, 2.24) is 5.32 Å². The Hall–Kier alpha value is -0.840. The van der Waals surface area contributed by atoms with Crippen molar-refractivity contribution in [2.75, 3.05) is 33.4 Å². The van der Waals surface area contributed by atoms with E-state index in [1.54, 1.807) is 7.11 Å². The van der Waals surface area contributed by atoms with Crippen molar-refractivity contribution in [1.29, 1.82) is 0 Å². The van der Waals surface area contributed by atoms with Gasteiger partial charge in [-0.25, -0.2) is 4.39 Å². The fraction of sp³-hybridized carbons (Fsp3) is 0.571. The molecule has 0 amide bonds. The second-order valence-electron chi connectivity index (χ2n) is 4.56. The normalized spacial score (nSPS) is 15.9. The van der Waals surface area contributed by atoms with Gasteiger partial charge in [-0.05, 0) is 49.5 Å². The Morgan fingerprint density at radius 2 is 2.00 bits per heavy atom. The summed E-state index contributed by atoms with van der Waals surface area (Å²) in [5, 5.41) is 3.33. The summed E-state index contributed by atoms with van der Waals surface area (Å²) in [5.74, 6) is 0.545. The molecular formula is C14H21ClFNO2. The van der Waals surface area contributed by atoms with E-state index in [1.807, 2.05) is 12.1 Å². The number of nitrogens with one attached hydrogen (secondary N) is 1. The second-order valence-corrected chi connectivity index (χ2v) is 4.56. The number of halogens is 2. The summed E-state index contributed by atoms with van der Waals surface area (Å²) in [7, 11) is 1.60. The molecule has 3 nitrogen and oxygen atoms in total. The van der Waals surface area contributed by atoms with E-state index in [0.29, 0.717) is 24.9 Å². The lowest BCUT2D eigenvalue weighted by molar-refractivity contribution is 0.143. The summed E-state index contributed by atoms with van der Waals surface area (Å²) in [6.45, 7) is 2.91. The van der Waals surface area contributed by atoms with Gasteiger partial charge in [0, 0.05) is 7.11 Å². The Kier molecular flexibility index (Phi) is 7.13. The minimum absolute atomic E-state index is 0. The van der Waals surface area contributed by atoms with Crippen molar-refractivity contribution >= 4 is 12.4 Å². The van der Waals surface area contributed by atoms with Gasteiger partial charge in [-0.2, -0.15) is 0 Å². The minimum Gasteiger partial charge on any atom is -0.488 e. The minimum atomic E-state index is -0.302. The molecule has 1 aromatic rings. The Bertz CT molecular complexity index is 384. The van der Waals surface area contributed by atoms with Crippen LogP contribution in [0.25, 0.3) is 0 Å². The Morgan fingerprint density at radius 3 is 2.68 bits per heavy atom. The summed E-state index contributed by atoms with van der Waals surface area (Å²) in [5.41, 5.74) is 1.17. The molecule has 0 atom stereocenters. The highest BCUT2D eigenvalue weighted by Crippen LogP contribution is 2.29. The van der Waals surface area contributed by atoms with Crippen LogP contribution in [-0.2, 0) is 4.74 Å². The van der Waals surface area contributed by atoms with Gasteiger partial charge in [0.15, 0.2) is 11.6 Å². The predicted molar refractivity (Wildman–Crippen MR) is 75.9 cm³/mol. The lowest BCUT2D eigenvalue weighted by Crippen LogP contribution is -2.26. The van der Waals surface area contributed by atoms with E-state index in [0.717, 1.165) is 25.9 Å². The molecule has 0 spiro atoms. The molecule has 0 saturated carbocycles. The largest absolute Gasteiger partial charge is 0.488 e. The SMILES string of the molecule is COCCOc1cc(C2CCNCC2)ccc1F.Cl. The molecular weight excluding hydrogens is 269 g/mol. The topological polar surface area (TPSA) is 30.5 Å². The first-order valence-electron chi connectivity index (χ1n) is 6.43. The molecule has 19 heavy (non-hydrogen) atoms. The van der Waals surface area contributed by atoms with Crippen molar-refractivity contribution in [3.63, 3.8) is 0 Å². The first-order valence-corrected chi connectivity index (χ1v) is 6.43. The van der Waals surface area contributed by atoms with Crippen LogP contribution in [0.3, 0.4) is 0 Å². The first-order chi connectivity index (χ1) is 8.81. The Balaban J connectivity index is 0.00000180. The molecule has 1 aliphatic rings. The van der Waals surface area contributed by atoms with Crippen LogP contribution in [-0.4, -0.2) is 33.4 Å². The van der Waals surface area contributed by atoms with E-state index in [2.05, 4.69) is 5.32 Å². The van der Waals surface area contributed by atoms with Crippen molar-refractivity contribution in [3.8, 4) is 5.75 Å². The number of hydrogen-bond donors (Lipinski definition) is 1. The Morgan fingerprint density at radius 1 is 1.26 bits per heavy atom. The molecule has 1 aliphatic heterocycles. The molecule has 0 unspecified atom stereocenters. The van der Waals surface area contributed by atoms with Crippen LogP contribution in [0.4, 0.5) is 4.39 Å². The highest BCUT2D eigenvalue weighted by molar-refractivity contribution is 5.85. The predicted octanol–water partition coefficient (Wildman–Crippen LogP) is 2.74. The van der Waals surface area contributed by atoms with Gasteiger partial charge in [0.05, 0.1) is 6.61 Å². The molecule has 2 rings (SSSR count). The monoisotopic (exact) mass is 289 g/mol. The van der Waals surface area contributed by atoms with Crippen molar-refractivity contribution in [2.24, 2.45) is 0 Å². The molecule has 0 aliphatic carbocycles. The van der Waals surface area contributed by atoms with Gasteiger partial charge in [0.1, 0.15) is 6.61 Å². The zero-order valence-corrected chi connectivity index (χ0v) is 12.0. The van der Waals surface area contributed by atoms with E-state index in [9.17, 15) is 4.39 Å². The van der Waals surface area contributed by atoms with E-state index in [4.69, 9.17) is 9.47 Å². The van der Waals surface area contributed by atoms with E-state index >= 15 is 0 Å². The third kappa shape index (κ3) is 4.64. The van der Waals surface area contributed by atoms with Crippen LogP contribution in [0.1, 0.15) is 24.3 Å². The number of piperidine rings is 1. The fourth-order valence-electron chi connectivity index (χ4n) is 2.27. The van der Waals surface area contributed by atoms with E-state index in [-0.39, 0.29) is 18.2 Å². The number of benzene rings is 1. The molecule has 1 saturated heterocycles. The molecule has 5 heteroatoms. The summed E-state index contributed by atoms with van der Waals surface area (Å²) in [6.07, 6.45) is 2.20. The number of rotatable bonds is 5. The molecule has 1 aromatic carbocycles. The third-order valence-electron chi connectivity index (χ3n) is 3.31. The third-order valence-corrected chi connectivity index (χ3v) is 3.31. The van der Waals surface area contributed by atoms with Crippen molar-refractivity contribution in [2.45, 2.75) is 18.8 Å². The van der Waals surface area contributed by atoms with Crippen molar-refractivity contribution < 1.29 is 13.9 Å². The highest BCUT2D eigenvalue weighted by atomic mass is 35.5. The molecule has 1 fully saturated rings. The summed E-state index contributed by atoms with van der Waals surface area (Å²) < 4.78 is 23.9. The molecule has 108 valence electrons. The van der Waals surface area contributed by atoms with Crippen LogP contribution < -0.4 is 10.1 Å². The van der Waals surface area contributed by atoms with Gasteiger partial charge in [-0.15, -0.1) is 12.4 Å².